The van der Waals surface area contributed by atoms with E-state index in [1.165, 1.54) is 14.1 Å². The zero-order valence-electron chi connectivity index (χ0n) is 15.6. The maximum absolute atomic E-state index is 13.5. The molecule has 0 aliphatic rings. The molecule has 0 spiro atoms. The number of anilines is 1. The van der Waals surface area contributed by atoms with E-state index >= 15 is 0 Å². The third-order valence-corrected chi connectivity index (χ3v) is 4.19. The van der Waals surface area contributed by atoms with Gasteiger partial charge in [-0.05, 0) is 12.1 Å². The first kappa shape index (κ1) is 20.8. The van der Waals surface area contributed by atoms with Gasteiger partial charge in [0.25, 0.3) is 11.5 Å². The summed E-state index contributed by atoms with van der Waals surface area (Å²) in [6, 6.07) is 1.43. The Kier molecular flexibility index (Phi) is 5.45. The number of amides is 1. The number of imidazole rings is 1. The molecule has 0 radical (unpaired) electrons. The summed E-state index contributed by atoms with van der Waals surface area (Å²) >= 11 is 0. The SMILES string of the molecule is Cn1c(=O)c2c(ncn2CC(=O)OCC(=O)Nc2ccc(F)c(F)c2F)n(C)c1=O. The number of aromatic nitrogens is 4. The molecule has 0 atom stereocenters. The Bertz CT molecular complexity index is 1290. The van der Waals surface area contributed by atoms with Crippen LogP contribution in [0.1, 0.15) is 0 Å². The van der Waals surface area contributed by atoms with Gasteiger partial charge in [-0.3, -0.25) is 23.5 Å². The molecule has 2 heterocycles. The van der Waals surface area contributed by atoms with Crippen LogP contribution >= 0.6 is 0 Å². The van der Waals surface area contributed by atoms with Crippen molar-refractivity contribution in [2.75, 3.05) is 11.9 Å². The van der Waals surface area contributed by atoms with E-state index in [1.807, 2.05) is 5.32 Å². The number of aryl methyl sites for hydroxylation is 1. The zero-order chi connectivity index (χ0) is 22.2. The molecule has 3 aromatic rings. The van der Waals surface area contributed by atoms with E-state index in [4.69, 9.17) is 4.74 Å². The van der Waals surface area contributed by atoms with Crippen LogP contribution in [0.15, 0.2) is 28.0 Å². The molecule has 0 aliphatic carbocycles. The van der Waals surface area contributed by atoms with Gasteiger partial charge in [0.1, 0.15) is 6.54 Å². The Morgan fingerprint density at radius 3 is 2.50 bits per heavy atom. The summed E-state index contributed by atoms with van der Waals surface area (Å²) in [6.07, 6.45) is 1.16. The topological polar surface area (TPSA) is 117 Å². The molecule has 1 N–H and O–H groups in total. The van der Waals surface area contributed by atoms with Gasteiger partial charge in [-0.15, -0.1) is 0 Å². The molecule has 1 aromatic carbocycles. The van der Waals surface area contributed by atoms with E-state index in [1.54, 1.807) is 0 Å². The van der Waals surface area contributed by atoms with Crippen molar-refractivity contribution in [3.05, 3.63) is 56.7 Å². The lowest BCUT2D eigenvalue weighted by molar-refractivity contribution is -0.147. The molecule has 0 fully saturated rings. The van der Waals surface area contributed by atoms with Gasteiger partial charge in [0.15, 0.2) is 35.2 Å². The third-order valence-electron chi connectivity index (χ3n) is 4.19. The fourth-order valence-corrected chi connectivity index (χ4v) is 2.66. The number of hydrogen-bond acceptors (Lipinski definition) is 6. The minimum Gasteiger partial charge on any atom is -0.454 e. The first-order chi connectivity index (χ1) is 14.1. The molecule has 3 rings (SSSR count). The molecule has 2 aromatic heterocycles. The number of nitrogens with zero attached hydrogens (tertiary/aromatic N) is 4. The minimum absolute atomic E-state index is 0.0233. The monoisotopic (exact) mass is 425 g/mol. The average Bonchev–Trinajstić information content (AvgIpc) is 3.13. The zero-order valence-corrected chi connectivity index (χ0v) is 15.6. The summed E-state index contributed by atoms with van der Waals surface area (Å²) in [6.45, 7) is -1.35. The maximum Gasteiger partial charge on any atom is 0.332 e. The van der Waals surface area contributed by atoms with Crippen LogP contribution in [-0.4, -0.2) is 37.2 Å². The lowest BCUT2D eigenvalue weighted by atomic mass is 10.3. The number of esters is 1. The number of nitrogens with one attached hydrogen (secondary N) is 1. The van der Waals surface area contributed by atoms with Crippen LogP contribution in [0.25, 0.3) is 11.2 Å². The van der Waals surface area contributed by atoms with Crippen LogP contribution in [0.2, 0.25) is 0 Å². The van der Waals surface area contributed by atoms with Gasteiger partial charge < -0.3 is 14.6 Å². The number of hydrogen-bond donors (Lipinski definition) is 1. The smallest absolute Gasteiger partial charge is 0.332 e. The quantitative estimate of drug-likeness (QED) is 0.456. The molecule has 158 valence electrons. The standard InChI is InChI=1S/C17H14F3N5O5/c1-23-15-14(16(28)24(2)17(23)29)25(7-21-15)5-11(27)30-6-10(26)22-9-4-3-8(18)12(19)13(9)20/h3-4,7H,5-6H2,1-2H3,(H,22,26). The summed E-state index contributed by atoms with van der Waals surface area (Å²) in [7, 11) is 2.67. The van der Waals surface area contributed by atoms with Crippen molar-refractivity contribution in [2.45, 2.75) is 6.54 Å². The third kappa shape index (κ3) is 3.68. The fraction of sp³-hybridized carbons (Fsp3) is 0.235. The second-order valence-corrected chi connectivity index (χ2v) is 6.18. The van der Waals surface area contributed by atoms with E-state index in [-0.39, 0.29) is 11.2 Å². The van der Waals surface area contributed by atoms with Gasteiger partial charge >= 0.3 is 11.7 Å². The van der Waals surface area contributed by atoms with Crippen molar-refractivity contribution in [1.82, 2.24) is 18.7 Å². The van der Waals surface area contributed by atoms with Crippen LogP contribution in [0, 0.1) is 17.5 Å². The molecule has 0 saturated heterocycles. The second-order valence-electron chi connectivity index (χ2n) is 6.18. The van der Waals surface area contributed by atoms with Gasteiger partial charge in [-0.25, -0.2) is 22.9 Å². The Hall–Kier alpha value is -3.90. The van der Waals surface area contributed by atoms with E-state index in [0.29, 0.717) is 6.07 Å². The minimum atomic E-state index is -1.76. The van der Waals surface area contributed by atoms with Gasteiger partial charge in [0, 0.05) is 14.1 Å². The average molecular weight is 425 g/mol. The molecule has 30 heavy (non-hydrogen) atoms. The number of carbonyl (C=O) groups excluding carboxylic acids is 2. The maximum atomic E-state index is 13.5. The molecule has 0 unspecified atom stereocenters. The first-order valence-electron chi connectivity index (χ1n) is 8.31. The molecule has 13 heteroatoms. The highest BCUT2D eigenvalue weighted by Crippen LogP contribution is 2.19. The molecule has 10 nitrogen and oxygen atoms in total. The van der Waals surface area contributed by atoms with Gasteiger partial charge in [-0.1, -0.05) is 0 Å². The Balaban J connectivity index is 1.68. The number of rotatable bonds is 5. The molecule has 1 amide bonds. The lowest BCUT2D eigenvalue weighted by Gasteiger charge is -2.09. The van der Waals surface area contributed by atoms with Crippen LogP contribution in [0.5, 0.6) is 0 Å². The number of halogens is 3. The Morgan fingerprint density at radius 2 is 1.80 bits per heavy atom. The van der Waals surface area contributed by atoms with Crippen LogP contribution in [0.3, 0.4) is 0 Å². The molecular formula is C17H14F3N5O5. The van der Waals surface area contributed by atoms with Crippen LogP contribution in [-0.2, 0) is 35.0 Å². The number of ether oxygens (including phenoxy) is 1. The Morgan fingerprint density at radius 1 is 1.10 bits per heavy atom. The summed E-state index contributed by atoms with van der Waals surface area (Å²) < 4.78 is 47.5. The normalized spacial score (nSPS) is 11.0. The van der Waals surface area contributed by atoms with Crippen molar-refractivity contribution >= 4 is 28.7 Å². The van der Waals surface area contributed by atoms with Crippen molar-refractivity contribution < 1.29 is 27.5 Å². The van der Waals surface area contributed by atoms with Crippen molar-refractivity contribution in [3.63, 3.8) is 0 Å². The predicted octanol–water partition coefficient (Wildman–Crippen LogP) is 0.0329. The van der Waals surface area contributed by atoms with Gasteiger partial charge in [0.2, 0.25) is 0 Å². The fourth-order valence-electron chi connectivity index (χ4n) is 2.66. The number of fused-ring (bicyclic) bond motifs is 1. The lowest BCUT2D eigenvalue weighted by Crippen LogP contribution is -2.37. The van der Waals surface area contributed by atoms with E-state index in [9.17, 15) is 32.3 Å². The molecule has 0 bridgehead atoms. The first-order valence-corrected chi connectivity index (χ1v) is 8.31. The number of carbonyl (C=O) groups is 2. The summed E-state index contributed by atoms with van der Waals surface area (Å²) in [4.78, 5) is 51.9. The van der Waals surface area contributed by atoms with Gasteiger partial charge in [-0.2, -0.15) is 0 Å². The summed E-state index contributed by atoms with van der Waals surface area (Å²) in [5, 5.41) is 1.94. The molecule has 0 saturated carbocycles. The van der Waals surface area contributed by atoms with Crippen LogP contribution < -0.4 is 16.6 Å². The van der Waals surface area contributed by atoms with Crippen molar-refractivity contribution in [1.29, 1.82) is 0 Å². The predicted molar refractivity (Wildman–Crippen MR) is 96.1 cm³/mol. The van der Waals surface area contributed by atoms with E-state index < -0.39 is 59.4 Å². The molecular weight excluding hydrogens is 411 g/mol. The van der Waals surface area contributed by atoms with E-state index in [0.717, 1.165) is 26.1 Å². The highest BCUT2D eigenvalue weighted by atomic mass is 19.2. The summed E-state index contributed by atoms with van der Waals surface area (Å²) in [5.74, 6) is -6.71. The molecule has 0 aliphatic heterocycles. The highest BCUT2D eigenvalue weighted by Gasteiger charge is 2.18. The summed E-state index contributed by atoms with van der Waals surface area (Å²) in [5.41, 5.74) is -1.86. The van der Waals surface area contributed by atoms with Crippen molar-refractivity contribution in [2.24, 2.45) is 14.1 Å². The largest absolute Gasteiger partial charge is 0.454 e. The Labute approximate surface area is 165 Å². The van der Waals surface area contributed by atoms with Crippen molar-refractivity contribution in [3.8, 4) is 0 Å². The van der Waals surface area contributed by atoms with Crippen LogP contribution in [0.4, 0.5) is 18.9 Å². The number of benzene rings is 1. The second kappa shape index (κ2) is 7.85. The van der Waals surface area contributed by atoms with Gasteiger partial charge in [0.05, 0.1) is 12.0 Å². The van der Waals surface area contributed by atoms with E-state index in [2.05, 4.69) is 4.98 Å². The highest BCUT2D eigenvalue weighted by molar-refractivity contribution is 5.93.